The number of nitrogens with zero attached hydrogens (tertiary/aromatic N) is 4. The van der Waals surface area contributed by atoms with E-state index < -0.39 is 11.8 Å². The number of carbonyl (C=O) groups excluding carboxylic acids is 1. The summed E-state index contributed by atoms with van der Waals surface area (Å²) in [5, 5.41) is 14.6. The maximum Gasteiger partial charge on any atom is 0.521 e. The van der Waals surface area contributed by atoms with E-state index in [1.54, 1.807) is 11.6 Å². The Kier molecular flexibility index (Phi) is 4.91. The van der Waals surface area contributed by atoms with E-state index >= 15 is 0 Å². The molecular formula is C22H18N4O5. The van der Waals surface area contributed by atoms with Gasteiger partial charge in [0.2, 0.25) is 0 Å². The Bertz CT molecular complexity index is 1420. The van der Waals surface area contributed by atoms with Gasteiger partial charge in [0.1, 0.15) is 6.07 Å². The van der Waals surface area contributed by atoms with Crippen molar-refractivity contribution >= 4 is 16.9 Å². The van der Waals surface area contributed by atoms with E-state index in [2.05, 4.69) is 16.2 Å². The third-order valence-electron chi connectivity index (χ3n) is 4.88. The average Bonchev–Trinajstić information content (AvgIpc) is 3.26. The third-order valence-corrected chi connectivity index (χ3v) is 4.88. The minimum atomic E-state index is -0.948. The molecule has 4 aromatic rings. The van der Waals surface area contributed by atoms with Crippen LogP contribution in [-0.2, 0) is 0 Å². The molecule has 1 aromatic carbocycles. The van der Waals surface area contributed by atoms with Gasteiger partial charge < -0.3 is 13.6 Å². The van der Waals surface area contributed by atoms with Crippen LogP contribution in [0.5, 0.6) is 5.95 Å². The van der Waals surface area contributed by atoms with E-state index in [4.69, 9.17) is 13.6 Å². The molecule has 0 spiro atoms. The lowest BCUT2D eigenvalue weighted by Gasteiger charge is -2.10. The fourth-order valence-corrected chi connectivity index (χ4v) is 3.38. The second kappa shape index (κ2) is 7.57. The highest BCUT2D eigenvalue weighted by molar-refractivity contribution is 5.95. The Morgan fingerprint density at radius 1 is 1.23 bits per heavy atom. The third kappa shape index (κ3) is 3.48. The summed E-state index contributed by atoms with van der Waals surface area (Å²) in [6.07, 6.45) is 1.49. The van der Waals surface area contributed by atoms with Gasteiger partial charge in [0.05, 0.1) is 16.8 Å². The predicted molar refractivity (Wildman–Crippen MR) is 110 cm³/mol. The van der Waals surface area contributed by atoms with Gasteiger partial charge in [0.25, 0.3) is 0 Å². The molecule has 9 nitrogen and oxygen atoms in total. The van der Waals surface area contributed by atoms with E-state index in [0.29, 0.717) is 22.3 Å². The molecule has 0 fully saturated rings. The SMILES string of the molecule is Cc1oc(=O)oc1OC(=O)c1ccnc(-c2ccc3c(c2)c(C#N)nn3C(C)C)c1C. The molecule has 0 N–H and O–H groups in total. The van der Waals surface area contributed by atoms with Crippen LogP contribution in [0.1, 0.15) is 47.3 Å². The van der Waals surface area contributed by atoms with Crippen LogP contribution in [0.25, 0.3) is 22.2 Å². The standard InChI is InChI=1S/C22H18N4O5/c1-11(2)26-18-6-5-14(9-16(18)17(10-23)25-26)19-12(3)15(7-8-24-19)20(27)30-21-13(4)29-22(28)31-21/h5-9,11H,1-4H3. The van der Waals surface area contributed by atoms with Crippen molar-refractivity contribution in [2.45, 2.75) is 33.7 Å². The molecule has 4 rings (SSSR count). The van der Waals surface area contributed by atoms with E-state index in [-0.39, 0.29) is 23.3 Å². The summed E-state index contributed by atoms with van der Waals surface area (Å²) in [5.41, 5.74) is 3.28. The van der Waals surface area contributed by atoms with Crippen molar-refractivity contribution in [3.63, 3.8) is 0 Å². The lowest BCUT2D eigenvalue weighted by Crippen LogP contribution is -2.11. The number of carbonyl (C=O) groups is 1. The van der Waals surface area contributed by atoms with Gasteiger partial charge in [-0.1, -0.05) is 6.07 Å². The smallest absolute Gasteiger partial charge is 0.392 e. The first-order chi connectivity index (χ1) is 14.8. The van der Waals surface area contributed by atoms with Gasteiger partial charge in [-0.25, -0.2) is 9.59 Å². The second-order valence-electron chi connectivity index (χ2n) is 7.25. The van der Waals surface area contributed by atoms with Gasteiger partial charge in [-0.3, -0.25) is 9.67 Å². The largest absolute Gasteiger partial charge is 0.521 e. The summed E-state index contributed by atoms with van der Waals surface area (Å²) in [7, 11) is 0. The number of nitriles is 1. The summed E-state index contributed by atoms with van der Waals surface area (Å²) in [6, 6.07) is 9.34. The van der Waals surface area contributed by atoms with E-state index in [0.717, 1.165) is 11.1 Å². The van der Waals surface area contributed by atoms with Crippen LogP contribution in [0.15, 0.2) is 44.1 Å². The van der Waals surface area contributed by atoms with E-state index in [1.165, 1.54) is 19.2 Å². The van der Waals surface area contributed by atoms with E-state index in [9.17, 15) is 14.9 Å². The highest BCUT2D eigenvalue weighted by atomic mass is 16.7. The Hall–Kier alpha value is -4.19. The highest BCUT2D eigenvalue weighted by Crippen LogP contribution is 2.30. The fraction of sp³-hybridized carbons (Fsp3) is 0.227. The van der Waals surface area contributed by atoms with Crippen LogP contribution in [0.3, 0.4) is 0 Å². The number of hydrogen-bond donors (Lipinski definition) is 0. The first-order valence-corrected chi connectivity index (χ1v) is 9.51. The molecule has 3 heterocycles. The second-order valence-corrected chi connectivity index (χ2v) is 7.25. The molecule has 0 saturated heterocycles. The van der Waals surface area contributed by atoms with Gasteiger partial charge in [0.15, 0.2) is 11.5 Å². The molecule has 0 amide bonds. The number of pyridine rings is 1. The van der Waals surface area contributed by atoms with Crippen molar-refractivity contribution < 1.29 is 18.4 Å². The number of hydrogen-bond acceptors (Lipinski definition) is 8. The van der Waals surface area contributed by atoms with E-state index in [1.807, 2.05) is 32.0 Å². The lowest BCUT2D eigenvalue weighted by atomic mass is 10.0. The van der Waals surface area contributed by atoms with Crippen molar-refractivity contribution in [2.75, 3.05) is 0 Å². The molecule has 0 aliphatic heterocycles. The minimum absolute atomic E-state index is 0.0712. The van der Waals surface area contributed by atoms with Crippen LogP contribution < -0.4 is 10.6 Å². The molecule has 3 aromatic heterocycles. The topological polar surface area (TPSA) is 124 Å². The molecule has 0 unspecified atom stereocenters. The van der Waals surface area contributed by atoms with Crippen molar-refractivity contribution in [2.24, 2.45) is 0 Å². The molecule has 0 saturated carbocycles. The van der Waals surface area contributed by atoms with Gasteiger partial charge in [-0.2, -0.15) is 10.4 Å². The quantitative estimate of drug-likeness (QED) is 0.457. The number of rotatable bonds is 4. The molecular weight excluding hydrogens is 400 g/mol. The fourth-order valence-electron chi connectivity index (χ4n) is 3.38. The number of ether oxygens (including phenoxy) is 1. The average molecular weight is 418 g/mol. The number of fused-ring (bicyclic) bond motifs is 1. The molecule has 0 aliphatic carbocycles. The molecule has 31 heavy (non-hydrogen) atoms. The first-order valence-electron chi connectivity index (χ1n) is 9.51. The first kappa shape index (κ1) is 20.1. The Balaban J connectivity index is 1.76. The van der Waals surface area contributed by atoms with Crippen LogP contribution in [-0.4, -0.2) is 20.7 Å². The summed E-state index contributed by atoms with van der Waals surface area (Å²) in [4.78, 5) is 28.2. The van der Waals surface area contributed by atoms with Crippen LogP contribution >= 0.6 is 0 Å². The van der Waals surface area contributed by atoms with Gasteiger partial charge in [-0.05, 0) is 44.5 Å². The number of aromatic nitrogens is 3. The Morgan fingerprint density at radius 3 is 2.65 bits per heavy atom. The maximum atomic E-state index is 12.7. The number of benzene rings is 1. The predicted octanol–water partition coefficient (Wildman–Crippen LogP) is 3.93. The summed E-state index contributed by atoms with van der Waals surface area (Å²) in [5.74, 6) is -1.87. The minimum Gasteiger partial charge on any atom is -0.392 e. The monoisotopic (exact) mass is 418 g/mol. The zero-order valence-corrected chi connectivity index (χ0v) is 17.3. The van der Waals surface area contributed by atoms with Crippen molar-refractivity contribution in [3.8, 4) is 23.3 Å². The zero-order chi connectivity index (χ0) is 22.3. The Labute approximate surface area is 176 Å². The number of aryl methyl sites for hydroxylation is 1. The normalized spacial score (nSPS) is 11.1. The molecule has 9 heteroatoms. The zero-order valence-electron chi connectivity index (χ0n) is 17.3. The molecule has 0 bridgehead atoms. The molecule has 0 radical (unpaired) electrons. The van der Waals surface area contributed by atoms with Gasteiger partial charge >= 0.3 is 17.7 Å². The Morgan fingerprint density at radius 2 is 2.00 bits per heavy atom. The van der Waals surface area contributed by atoms with Crippen molar-refractivity contribution in [1.29, 1.82) is 5.26 Å². The van der Waals surface area contributed by atoms with Crippen LogP contribution in [0, 0.1) is 25.2 Å². The van der Waals surface area contributed by atoms with Gasteiger partial charge in [0, 0.05) is 30.1 Å². The van der Waals surface area contributed by atoms with Crippen molar-refractivity contribution in [3.05, 3.63) is 63.7 Å². The number of esters is 1. The van der Waals surface area contributed by atoms with Crippen LogP contribution in [0.2, 0.25) is 0 Å². The molecule has 156 valence electrons. The van der Waals surface area contributed by atoms with Gasteiger partial charge in [-0.15, -0.1) is 0 Å². The summed E-state index contributed by atoms with van der Waals surface area (Å²) in [6.45, 7) is 7.18. The molecule has 0 atom stereocenters. The molecule has 0 aliphatic rings. The van der Waals surface area contributed by atoms with Crippen LogP contribution in [0.4, 0.5) is 0 Å². The highest BCUT2D eigenvalue weighted by Gasteiger charge is 2.21. The lowest BCUT2D eigenvalue weighted by molar-refractivity contribution is 0.0689. The van der Waals surface area contributed by atoms with Crippen molar-refractivity contribution in [1.82, 2.24) is 14.8 Å². The maximum absolute atomic E-state index is 12.7. The summed E-state index contributed by atoms with van der Waals surface area (Å²) >= 11 is 0. The summed E-state index contributed by atoms with van der Waals surface area (Å²) < 4.78 is 16.4.